The van der Waals surface area contributed by atoms with Gasteiger partial charge < -0.3 is 9.84 Å². The van der Waals surface area contributed by atoms with Crippen LogP contribution in [0, 0.1) is 0 Å². The molecule has 0 aliphatic carbocycles. The molecule has 0 radical (unpaired) electrons. The Balaban J connectivity index is 2.01. The summed E-state index contributed by atoms with van der Waals surface area (Å²) in [5.74, 6) is 0. The Kier molecular flexibility index (Phi) is 4.28. The molecule has 1 aromatic carbocycles. The van der Waals surface area contributed by atoms with Gasteiger partial charge in [0.15, 0.2) is 0 Å². The first-order valence-corrected chi connectivity index (χ1v) is 9.13. The highest BCUT2D eigenvalue weighted by atomic mass is 32.2. The number of ether oxygens (including phenoxy) is 1. The average Bonchev–Trinajstić information content (AvgIpc) is 2.87. The van der Waals surface area contributed by atoms with E-state index in [-0.39, 0.29) is 17.5 Å². The van der Waals surface area contributed by atoms with E-state index < -0.39 is 10.0 Å². The minimum absolute atomic E-state index is 0.103. The number of aliphatic hydroxyl groups excluding tert-OH is 1. The van der Waals surface area contributed by atoms with Gasteiger partial charge >= 0.3 is 0 Å². The lowest BCUT2D eigenvalue weighted by atomic mass is 10.1. The van der Waals surface area contributed by atoms with E-state index in [2.05, 4.69) is 4.72 Å². The van der Waals surface area contributed by atoms with Gasteiger partial charge in [0.05, 0.1) is 11.5 Å². The van der Waals surface area contributed by atoms with Gasteiger partial charge in [-0.15, -0.1) is 11.3 Å². The van der Waals surface area contributed by atoms with E-state index in [0.29, 0.717) is 36.3 Å². The van der Waals surface area contributed by atoms with Crippen LogP contribution in [0.2, 0.25) is 0 Å². The lowest BCUT2D eigenvalue weighted by molar-refractivity contribution is 0.0832. The maximum Gasteiger partial charge on any atom is 0.242 e. The van der Waals surface area contributed by atoms with Crippen LogP contribution >= 0.6 is 11.3 Å². The maximum absolute atomic E-state index is 12.7. The van der Waals surface area contributed by atoms with Crippen molar-refractivity contribution in [2.75, 3.05) is 13.2 Å². The molecule has 5 nitrogen and oxygen atoms in total. The molecule has 3 rings (SSSR count). The molecule has 2 heterocycles. The molecule has 21 heavy (non-hydrogen) atoms. The fourth-order valence-electron chi connectivity index (χ4n) is 2.56. The number of fused-ring (bicyclic) bond motifs is 1. The second-order valence-electron chi connectivity index (χ2n) is 5.02. The summed E-state index contributed by atoms with van der Waals surface area (Å²) in [5.41, 5.74) is 0. The number of aliphatic hydroxyl groups is 1. The maximum atomic E-state index is 12.7. The van der Waals surface area contributed by atoms with Crippen molar-refractivity contribution in [1.82, 2.24) is 4.72 Å². The normalized spacial score (nSPS) is 17.4. The molecule has 0 bridgehead atoms. The number of hydrogen-bond donors (Lipinski definition) is 2. The third-order valence-corrected chi connectivity index (χ3v) is 6.51. The third-order valence-electron chi connectivity index (χ3n) is 3.57. The van der Waals surface area contributed by atoms with Crippen LogP contribution in [-0.2, 0) is 21.4 Å². The predicted molar refractivity (Wildman–Crippen MR) is 81.9 cm³/mol. The largest absolute Gasteiger partial charge is 0.391 e. The van der Waals surface area contributed by atoms with Crippen LogP contribution in [0.1, 0.15) is 17.7 Å². The standard InChI is InChI=1S/C14H17NO4S2/c16-9-13-14(11-3-1-2-4-12(11)20-13)21(17,18)15-10-5-7-19-8-6-10/h1-4,10,15-16H,5-9H2. The molecule has 1 fully saturated rings. The molecular weight excluding hydrogens is 310 g/mol. The molecule has 1 aliphatic heterocycles. The van der Waals surface area contributed by atoms with E-state index >= 15 is 0 Å². The van der Waals surface area contributed by atoms with Crippen molar-refractivity contribution in [2.24, 2.45) is 0 Å². The average molecular weight is 327 g/mol. The van der Waals surface area contributed by atoms with Crippen molar-refractivity contribution in [3.05, 3.63) is 29.1 Å². The molecule has 1 saturated heterocycles. The van der Waals surface area contributed by atoms with Gasteiger partial charge in [0.1, 0.15) is 4.90 Å². The minimum Gasteiger partial charge on any atom is -0.391 e. The Hall–Kier alpha value is -0.990. The van der Waals surface area contributed by atoms with E-state index in [9.17, 15) is 13.5 Å². The van der Waals surface area contributed by atoms with Crippen molar-refractivity contribution < 1.29 is 18.3 Å². The van der Waals surface area contributed by atoms with Crippen LogP contribution in [-0.4, -0.2) is 32.8 Å². The number of rotatable bonds is 4. The summed E-state index contributed by atoms with van der Waals surface area (Å²) in [5, 5.41) is 10.2. The summed E-state index contributed by atoms with van der Waals surface area (Å²) in [7, 11) is -3.64. The fourth-order valence-corrected chi connectivity index (χ4v) is 5.67. The van der Waals surface area contributed by atoms with Gasteiger partial charge in [0.2, 0.25) is 10.0 Å². The number of benzene rings is 1. The molecule has 2 aromatic rings. The van der Waals surface area contributed by atoms with Crippen LogP contribution in [0.5, 0.6) is 0 Å². The molecule has 0 saturated carbocycles. The highest BCUT2D eigenvalue weighted by Crippen LogP contribution is 2.34. The number of nitrogens with one attached hydrogen (secondary N) is 1. The summed E-state index contributed by atoms with van der Waals surface area (Å²) in [4.78, 5) is 0.702. The first-order chi connectivity index (χ1) is 10.1. The second kappa shape index (κ2) is 6.02. The Labute approximate surface area is 127 Å². The molecule has 7 heteroatoms. The van der Waals surface area contributed by atoms with Crippen LogP contribution in [0.15, 0.2) is 29.2 Å². The third kappa shape index (κ3) is 2.97. The topological polar surface area (TPSA) is 75.6 Å². The van der Waals surface area contributed by atoms with Crippen LogP contribution in [0.3, 0.4) is 0 Å². The summed E-state index contributed by atoms with van der Waals surface area (Å²) in [6, 6.07) is 7.22. The molecule has 0 spiro atoms. The zero-order valence-electron chi connectivity index (χ0n) is 11.4. The predicted octanol–water partition coefficient (Wildman–Crippen LogP) is 1.85. The van der Waals surface area contributed by atoms with Gasteiger partial charge in [-0.25, -0.2) is 13.1 Å². The van der Waals surface area contributed by atoms with Gasteiger partial charge in [0, 0.05) is 29.3 Å². The summed E-state index contributed by atoms with van der Waals surface area (Å²) < 4.78 is 34.3. The first-order valence-electron chi connectivity index (χ1n) is 6.83. The zero-order valence-corrected chi connectivity index (χ0v) is 13.0. The second-order valence-corrected chi connectivity index (χ2v) is 7.80. The Bertz CT molecular complexity index is 733. The van der Waals surface area contributed by atoms with E-state index in [0.717, 1.165) is 4.70 Å². The van der Waals surface area contributed by atoms with Crippen molar-refractivity contribution in [3.8, 4) is 0 Å². The van der Waals surface area contributed by atoms with Crippen molar-refractivity contribution in [3.63, 3.8) is 0 Å². The number of thiophene rings is 1. The molecular formula is C14H17NO4S2. The Morgan fingerprint density at radius 3 is 2.71 bits per heavy atom. The smallest absolute Gasteiger partial charge is 0.242 e. The van der Waals surface area contributed by atoms with E-state index in [1.807, 2.05) is 18.2 Å². The highest BCUT2D eigenvalue weighted by molar-refractivity contribution is 7.90. The molecule has 0 atom stereocenters. The molecule has 0 amide bonds. The molecule has 0 unspecified atom stereocenters. The summed E-state index contributed by atoms with van der Waals surface area (Å²) in [6.07, 6.45) is 1.35. The number of hydrogen-bond acceptors (Lipinski definition) is 5. The van der Waals surface area contributed by atoms with Crippen molar-refractivity contribution >= 4 is 31.4 Å². The van der Waals surface area contributed by atoms with E-state index in [1.165, 1.54) is 11.3 Å². The van der Waals surface area contributed by atoms with Crippen molar-refractivity contribution in [1.29, 1.82) is 0 Å². The summed E-state index contributed by atoms with van der Waals surface area (Å²) in [6.45, 7) is 0.873. The van der Waals surface area contributed by atoms with Gasteiger partial charge in [-0.1, -0.05) is 18.2 Å². The molecule has 1 aliphatic rings. The SMILES string of the molecule is O=S(=O)(NC1CCOCC1)c1c(CO)sc2ccccc12. The van der Waals surface area contributed by atoms with E-state index in [4.69, 9.17) is 4.74 Å². The van der Waals surface area contributed by atoms with Gasteiger partial charge in [0.25, 0.3) is 0 Å². The summed E-state index contributed by atoms with van der Waals surface area (Å²) >= 11 is 1.32. The van der Waals surface area contributed by atoms with Gasteiger partial charge in [-0.05, 0) is 18.9 Å². The van der Waals surface area contributed by atoms with E-state index in [1.54, 1.807) is 6.07 Å². The molecule has 1 aromatic heterocycles. The lowest BCUT2D eigenvalue weighted by Crippen LogP contribution is -2.39. The first kappa shape index (κ1) is 14.9. The highest BCUT2D eigenvalue weighted by Gasteiger charge is 2.27. The minimum atomic E-state index is -3.64. The fraction of sp³-hybridized carbons (Fsp3) is 0.429. The zero-order chi connectivity index (χ0) is 14.9. The number of sulfonamides is 1. The van der Waals surface area contributed by atoms with Gasteiger partial charge in [-0.2, -0.15) is 0 Å². The monoisotopic (exact) mass is 327 g/mol. The lowest BCUT2D eigenvalue weighted by Gasteiger charge is -2.23. The quantitative estimate of drug-likeness (QED) is 0.898. The van der Waals surface area contributed by atoms with Crippen LogP contribution in [0.25, 0.3) is 10.1 Å². The Morgan fingerprint density at radius 1 is 1.29 bits per heavy atom. The van der Waals surface area contributed by atoms with Crippen molar-refractivity contribution in [2.45, 2.75) is 30.4 Å². The molecule has 114 valence electrons. The van der Waals surface area contributed by atoms with Crippen LogP contribution in [0.4, 0.5) is 0 Å². The Morgan fingerprint density at radius 2 is 2.00 bits per heavy atom. The van der Waals surface area contributed by atoms with Crippen LogP contribution < -0.4 is 4.72 Å². The molecule has 2 N–H and O–H groups in total. The van der Waals surface area contributed by atoms with Gasteiger partial charge in [-0.3, -0.25) is 0 Å².